The fourth-order valence-corrected chi connectivity index (χ4v) is 2.58. The monoisotopic (exact) mass is 361 g/mol. The summed E-state index contributed by atoms with van der Waals surface area (Å²) in [4.78, 5) is 22.8. The minimum atomic E-state index is -0.984. The van der Waals surface area contributed by atoms with Crippen molar-refractivity contribution in [1.29, 1.82) is 0 Å². The molecule has 5 nitrogen and oxygen atoms in total. The number of hydrogen-bond acceptors (Lipinski definition) is 3. The van der Waals surface area contributed by atoms with E-state index in [1.807, 2.05) is 19.1 Å². The number of nitrogens with one attached hydrogen (secondary N) is 1. The Morgan fingerprint density at radius 3 is 2.52 bits per heavy atom. The molecule has 0 saturated heterocycles. The molecule has 2 N–H and O–H groups in total. The summed E-state index contributed by atoms with van der Waals surface area (Å²) in [7, 11) is 0. The third-order valence-electron chi connectivity index (χ3n) is 3.60. The predicted molar refractivity (Wildman–Crippen MR) is 96.4 cm³/mol. The zero-order chi connectivity index (χ0) is 18.2. The van der Waals surface area contributed by atoms with Crippen molar-refractivity contribution in [2.45, 2.75) is 19.8 Å². The Morgan fingerprint density at radius 1 is 1.16 bits per heavy atom. The molecule has 2 aromatic carbocycles. The first-order valence-electron chi connectivity index (χ1n) is 7.99. The molecule has 2 aromatic rings. The minimum Gasteiger partial charge on any atom is -0.494 e. The molecular formula is C19H20ClNO4. The number of benzene rings is 2. The normalized spacial score (nSPS) is 10.3. The van der Waals surface area contributed by atoms with E-state index in [1.165, 1.54) is 12.1 Å². The van der Waals surface area contributed by atoms with Crippen molar-refractivity contribution in [3.63, 3.8) is 0 Å². The number of carbonyl (C=O) groups excluding carboxylic acids is 1. The summed E-state index contributed by atoms with van der Waals surface area (Å²) in [6.45, 7) is 2.94. The van der Waals surface area contributed by atoms with Gasteiger partial charge < -0.3 is 15.2 Å². The van der Waals surface area contributed by atoms with Crippen molar-refractivity contribution >= 4 is 23.5 Å². The Hall–Kier alpha value is -2.53. The highest BCUT2D eigenvalue weighted by Gasteiger charge is 2.08. The van der Waals surface area contributed by atoms with Crippen LogP contribution in [0, 0.1) is 0 Å². The summed E-state index contributed by atoms with van der Waals surface area (Å²) < 4.78 is 5.56. The van der Waals surface area contributed by atoms with E-state index < -0.39 is 5.97 Å². The first-order valence-corrected chi connectivity index (χ1v) is 8.37. The largest absolute Gasteiger partial charge is 0.494 e. The van der Waals surface area contributed by atoms with Crippen LogP contribution in [0.25, 0.3) is 0 Å². The standard InChI is InChI=1S/C19H20ClNO4/c1-2-25-17-8-7-16(20)12-15(17)9-10-21-18(22)11-13-3-5-14(6-4-13)19(23)24/h3-8,12H,2,9-11H2,1H3,(H,21,22)(H,23,24). The fourth-order valence-electron chi connectivity index (χ4n) is 2.39. The quantitative estimate of drug-likeness (QED) is 0.756. The molecule has 0 fully saturated rings. The first-order chi connectivity index (χ1) is 12.0. The van der Waals surface area contributed by atoms with E-state index in [4.69, 9.17) is 21.4 Å². The lowest BCUT2D eigenvalue weighted by atomic mass is 10.1. The van der Waals surface area contributed by atoms with Crippen LogP contribution >= 0.6 is 11.6 Å². The van der Waals surface area contributed by atoms with Gasteiger partial charge in [-0.15, -0.1) is 0 Å². The van der Waals surface area contributed by atoms with E-state index in [1.54, 1.807) is 18.2 Å². The fraction of sp³-hybridized carbons (Fsp3) is 0.263. The number of amides is 1. The van der Waals surface area contributed by atoms with Gasteiger partial charge in [-0.2, -0.15) is 0 Å². The molecule has 0 saturated carbocycles. The van der Waals surface area contributed by atoms with Crippen LogP contribution in [0.5, 0.6) is 5.75 Å². The number of aromatic carboxylic acids is 1. The summed E-state index contributed by atoms with van der Waals surface area (Å²) in [5, 5.41) is 12.3. The Morgan fingerprint density at radius 2 is 1.88 bits per heavy atom. The van der Waals surface area contributed by atoms with Crippen molar-refractivity contribution in [2.24, 2.45) is 0 Å². The Balaban J connectivity index is 1.86. The third-order valence-corrected chi connectivity index (χ3v) is 3.84. The van der Waals surface area contributed by atoms with Crippen LogP contribution in [0.2, 0.25) is 5.02 Å². The maximum Gasteiger partial charge on any atom is 0.335 e. The Bertz CT molecular complexity index is 744. The molecule has 0 bridgehead atoms. The van der Waals surface area contributed by atoms with Crippen LogP contribution < -0.4 is 10.1 Å². The lowest BCUT2D eigenvalue weighted by Crippen LogP contribution is -2.27. The Labute approximate surface area is 151 Å². The van der Waals surface area contributed by atoms with Gasteiger partial charge in [0.25, 0.3) is 0 Å². The number of carboxylic acid groups (broad SMARTS) is 1. The molecule has 0 aliphatic heterocycles. The lowest BCUT2D eigenvalue weighted by molar-refractivity contribution is -0.120. The highest BCUT2D eigenvalue weighted by atomic mass is 35.5. The molecule has 132 valence electrons. The molecule has 0 aliphatic carbocycles. The molecule has 0 aromatic heterocycles. The van der Waals surface area contributed by atoms with Crippen molar-refractivity contribution in [1.82, 2.24) is 5.32 Å². The number of halogens is 1. The van der Waals surface area contributed by atoms with Gasteiger partial charge in [0.15, 0.2) is 0 Å². The molecular weight excluding hydrogens is 342 g/mol. The van der Waals surface area contributed by atoms with E-state index in [2.05, 4.69) is 5.32 Å². The lowest BCUT2D eigenvalue weighted by Gasteiger charge is -2.11. The SMILES string of the molecule is CCOc1ccc(Cl)cc1CCNC(=O)Cc1ccc(C(=O)O)cc1. The summed E-state index contributed by atoms with van der Waals surface area (Å²) >= 11 is 6.02. The third kappa shape index (κ3) is 5.80. The zero-order valence-electron chi connectivity index (χ0n) is 13.9. The first kappa shape index (κ1) is 18.8. The summed E-state index contributed by atoms with van der Waals surface area (Å²) in [5.74, 6) is -0.337. The second-order valence-corrected chi connectivity index (χ2v) is 5.90. The van der Waals surface area contributed by atoms with Gasteiger partial charge in [0.1, 0.15) is 5.75 Å². The van der Waals surface area contributed by atoms with Crippen molar-refractivity contribution in [2.75, 3.05) is 13.2 Å². The Kier molecular flexibility index (Phi) is 6.83. The van der Waals surface area contributed by atoms with Crippen LogP contribution in [0.15, 0.2) is 42.5 Å². The molecule has 0 heterocycles. The van der Waals surface area contributed by atoms with Gasteiger partial charge in [0.2, 0.25) is 5.91 Å². The number of rotatable bonds is 8. The zero-order valence-corrected chi connectivity index (χ0v) is 14.7. The van der Waals surface area contributed by atoms with Gasteiger partial charge in [-0.1, -0.05) is 23.7 Å². The van der Waals surface area contributed by atoms with Crippen molar-refractivity contribution in [3.8, 4) is 5.75 Å². The second kappa shape index (κ2) is 9.08. The molecule has 0 aliphatic rings. The molecule has 2 rings (SSSR count). The average molecular weight is 362 g/mol. The number of carboxylic acids is 1. The van der Waals surface area contributed by atoms with Crippen molar-refractivity contribution < 1.29 is 19.4 Å². The van der Waals surface area contributed by atoms with E-state index in [-0.39, 0.29) is 17.9 Å². The van der Waals surface area contributed by atoms with E-state index in [0.29, 0.717) is 24.6 Å². The summed E-state index contributed by atoms with van der Waals surface area (Å²) in [6, 6.07) is 11.7. The van der Waals surface area contributed by atoms with E-state index >= 15 is 0 Å². The van der Waals surface area contributed by atoms with Crippen LogP contribution in [0.4, 0.5) is 0 Å². The molecule has 0 atom stereocenters. The summed E-state index contributed by atoms with van der Waals surface area (Å²) in [6.07, 6.45) is 0.813. The minimum absolute atomic E-state index is 0.122. The average Bonchev–Trinajstić information content (AvgIpc) is 2.58. The van der Waals surface area contributed by atoms with Crippen molar-refractivity contribution in [3.05, 3.63) is 64.2 Å². The smallest absolute Gasteiger partial charge is 0.335 e. The molecule has 25 heavy (non-hydrogen) atoms. The van der Waals surface area contributed by atoms with Gasteiger partial charge in [0.05, 0.1) is 18.6 Å². The topological polar surface area (TPSA) is 75.6 Å². The maximum absolute atomic E-state index is 12.0. The van der Waals surface area contributed by atoms with Crippen LogP contribution in [-0.4, -0.2) is 30.1 Å². The summed E-state index contributed by atoms with van der Waals surface area (Å²) in [5.41, 5.74) is 1.91. The number of ether oxygens (including phenoxy) is 1. The second-order valence-electron chi connectivity index (χ2n) is 5.46. The predicted octanol–water partition coefficient (Wildman–Crippen LogP) is 3.34. The molecule has 6 heteroatoms. The van der Waals surface area contributed by atoms with Gasteiger partial charge in [-0.05, 0) is 54.8 Å². The van der Waals surface area contributed by atoms with Gasteiger partial charge in [-0.25, -0.2) is 4.79 Å². The van der Waals surface area contributed by atoms with Crippen LogP contribution in [0.1, 0.15) is 28.4 Å². The van der Waals surface area contributed by atoms with Crippen LogP contribution in [-0.2, 0) is 17.6 Å². The molecule has 0 spiro atoms. The number of carbonyl (C=O) groups is 2. The molecule has 1 amide bonds. The highest BCUT2D eigenvalue weighted by molar-refractivity contribution is 6.30. The van der Waals surface area contributed by atoms with Gasteiger partial charge in [-0.3, -0.25) is 4.79 Å². The molecule has 0 radical (unpaired) electrons. The van der Waals surface area contributed by atoms with E-state index in [0.717, 1.165) is 16.9 Å². The van der Waals surface area contributed by atoms with Crippen LogP contribution in [0.3, 0.4) is 0 Å². The van der Waals surface area contributed by atoms with Gasteiger partial charge >= 0.3 is 5.97 Å². The molecule has 0 unspecified atom stereocenters. The van der Waals surface area contributed by atoms with E-state index in [9.17, 15) is 9.59 Å². The van der Waals surface area contributed by atoms with Gasteiger partial charge in [0, 0.05) is 11.6 Å². The maximum atomic E-state index is 12.0. The highest BCUT2D eigenvalue weighted by Crippen LogP contribution is 2.23. The number of hydrogen-bond donors (Lipinski definition) is 2.